The van der Waals surface area contributed by atoms with Crippen LogP contribution in [0, 0.1) is 5.41 Å². The highest BCUT2D eigenvalue weighted by atomic mass is 16.2. The van der Waals surface area contributed by atoms with E-state index < -0.39 is 0 Å². The Hall–Kier alpha value is -1.42. The van der Waals surface area contributed by atoms with Crippen molar-refractivity contribution in [3.8, 4) is 0 Å². The van der Waals surface area contributed by atoms with Gasteiger partial charge < -0.3 is 10.2 Å². The molecule has 3 rings (SSSR count). The predicted octanol–water partition coefficient (Wildman–Crippen LogP) is 1.57. The number of aromatic nitrogens is 1. The van der Waals surface area contributed by atoms with E-state index in [9.17, 15) is 4.79 Å². The molecule has 0 spiro atoms. The maximum atomic E-state index is 12.8. The number of carbonyl (C=O) groups excluding carboxylic acids is 1. The first-order valence-electron chi connectivity index (χ1n) is 7.10. The van der Waals surface area contributed by atoms with E-state index in [2.05, 4.69) is 22.1 Å². The summed E-state index contributed by atoms with van der Waals surface area (Å²) in [6, 6.07) is 4.45. The molecule has 2 fully saturated rings. The number of hydrogen-bond acceptors (Lipinski definition) is 3. The molecule has 1 aliphatic carbocycles. The fourth-order valence-electron chi connectivity index (χ4n) is 2.78. The van der Waals surface area contributed by atoms with Gasteiger partial charge in [-0.15, -0.1) is 0 Å². The van der Waals surface area contributed by atoms with E-state index in [1.165, 1.54) is 5.56 Å². The summed E-state index contributed by atoms with van der Waals surface area (Å²) in [7, 11) is 0. The molecule has 1 N–H and O–H groups in total. The first-order chi connectivity index (χ1) is 9.19. The van der Waals surface area contributed by atoms with Crippen LogP contribution in [0.1, 0.15) is 31.7 Å². The molecule has 1 amide bonds. The fourth-order valence-corrected chi connectivity index (χ4v) is 2.78. The number of carbonyl (C=O) groups is 1. The number of nitrogens with one attached hydrogen (secondary N) is 1. The van der Waals surface area contributed by atoms with Crippen molar-refractivity contribution in [2.75, 3.05) is 13.1 Å². The topological polar surface area (TPSA) is 45.2 Å². The molecule has 1 aromatic heterocycles. The Labute approximate surface area is 114 Å². The molecule has 2 aliphatic rings. The third-order valence-electron chi connectivity index (χ3n) is 4.24. The average molecular weight is 259 g/mol. The zero-order chi connectivity index (χ0) is 13.3. The van der Waals surface area contributed by atoms with E-state index in [4.69, 9.17) is 0 Å². The van der Waals surface area contributed by atoms with E-state index in [1.807, 2.05) is 12.1 Å². The number of hydrogen-bond donors (Lipinski definition) is 1. The normalized spacial score (nSPS) is 26.4. The molecule has 2 heterocycles. The molecule has 1 atom stereocenters. The third kappa shape index (κ3) is 2.63. The maximum absolute atomic E-state index is 12.8. The zero-order valence-corrected chi connectivity index (χ0v) is 11.4. The highest BCUT2D eigenvalue weighted by Gasteiger charge is 2.43. The van der Waals surface area contributed by atoms with E-state index in [0.29, 0.717) is 11.9 Å². The second-order valence-corrected chi connectivity index (χ2v) is 6.01. The summed E-state index contributed by atoms with van der Waals surface area (Å²) in [5, 5.41) is 3.31. The van der Waals surface area contributed by atoms with E-state index in [0.717, 1.165) is 38.9 Å². The average Bonchev–Trinajstić information content (AvgIpc) is 3.18. The first kappa shape index (κ1) is 12.6. The van der Waals surface area contributed by atoms with Crippen LogP contribution in [0.3, 0.4) is 0 Å². The maximum Gasteiger partial charge on any atom is 0.230 e. The SMILES string of the molecule is CC1(C(=O)N(Cc2ccncc2)C2CC2)CCNC1. The molecule has 1 aliphatic heterocycles. The van der Waals surface area contributed by atoms with Crippen molar-refractivity contribution in [3.63, 3.8) is 0 Å². The molecule has 0 bridgehead atoms. The largest absolute Gasteiger partial charge is 0.335 e. The lowest BCUT2D eigenvalue weighted by molar-refractivity contribution is -0.141. The molecule has 0 aromatic carbocycles. The van der Waals surface area contributed by atoms with Gasteiger partial charge in [-0.1, -0.05) is 0 Å². The second kappa shape index (κ2) is 4.93. The van der Waals surface area contributed by atoms with Crippen molar-refractivity contribution in [1.29, 1.82) is 0 Å². The Balaban J connectivity index is 1.76. The number of amides is 1. The van der Waals surface area contributed by atoms with Gasteiger partial charge in [0.1, 0.15) is 0 Å². The van der Waals surface area contributed by atoms with Gasteiger partial charge >= 0.3 is 0 Å². The molecule has 0 radical (unpaired) electrons. The van der Waals surface area contributed by atoms with Crippen LogP contribution in [0.5, 0.6) is 0 Å². The predicted molar refractivity (Wildman–Crippen MR) is 73.4 cm³/mol. The van der Waals surface area contributed by atoms with Crippen molar-refractivity contribution in [3.05, 3.63) is 30.1 Å². The number of pyridine rings is 1. The van der Waals surface area contributed by atoms with Crippen LogP contribution in [-0.4, -0.2) is 34.9 Å². The minimum absolute atomic E-state index is 0.213. The van der Waals surface area contributed by atoms with Gasteiger partial charge in [0.15, 0.2) is 0 Å². The van der Waals surface area contributed by atoms with Gasteiger partial charge in [0.25, 0.3) is 0 Å². The summed E-state index contributed by atoms with van der Waals surface area (Å²) in [6.45, 7) is 4.58. The van der Waals surface area contributed by atoms with Crippen molar-refractivity contribution in [2.45, 2.75) is 38.8 Å². The van der Waals surface area contributed by atoms with E-state index in [1.54, 1.807) is 12.4 Å². The summed E-state index contributed by atoms with van der Waals surface area (Å²) in [5.41, 5.74) is 0.958. The van der Waals surface area contributed by atoms with Gasteiger partial charge in [0.2, 0.25) is 5.91 Å². The summed E-state index contributed by atoms with van der Waals surface area (Å²) < 4.78 is 0. The summed E-state index contributed by atoms with van der Waals surface area (Å²) in [4.78, 5) is 18.9. The quantitative estimate of drug-likeness (QED) is 0.892. The van der Waals surface area contributed by atoms with Gasteiger partial charge in [-0.3, -0.25) is 9.78 Å². The first-order valence-corrected chi connectivity index (χ1v) is 7.10. The van der Waals surface area contributed by atoms with Crippen LogP contribution < -0.4 is 5.32 Å². The Bertz CT molecular complexity index is 450. The van der Waals surface area contributed by atoms with Crippen molar-refractivity contribution < 1.29 is 4.79 Å². The monoisotopic (exact) mass is 259 g/mol. The molecule has 1 saturated carbocycles. The Morgan fingerprint density at radius 2 is 2.21 bits per heavy atom. The Morgan fingerprint density at radius 3 is 2.79 bits per heavy atom. The highest BCUT2D eigenvalue weighted by Crippen LogP contribution is 2.35. The van der Waals surface area contributed by atoms with Crippen LogP contribution in [0.25, 0.3) is 0 Å². The highest BCUT2D eigenvalue weighted by molar-refractivity contribution is 5.83. The molecular formula is C15H21N3O. The minimum Gasteiger partial charge on any atom is -0.335 e. The number of rotatable bonds is 4. The smallest absolute Gasteiger partial charge is 0.230 e. The van der Waals surface area contributed by atoms with Gasteiger partial charge in [-0.25, -0.2) is 0 Å². The zero-order valence-electron chi connectivity index (χ0n) is 11.4. The molecule has 1 unspecified atom stereocenters. The van der Waals surface area contributed by atoms with Gasteiger partial charge in [0, 0.05) is 31.5 Å². The molecule has 1 aromatic rings. The van der Waals surface area contributed by atoms with Crippen LogP contribution in [0.4, 0.5) is 0 Å². The summed E-state index contributed by atoms with van der Waals surface area (Å²) in [6.07, 6.45) is 6.85. The molecular weight excluding hydrogens is 238 g/mol. The molecule has 102 valence electrons. The number of nitrogens with zero attached hydrogens (tertiary/aromatic N) is 2. The van der Waals surface area contributed by atoms with Crippen molar-refractivity contribution >= 4 is 5.91 Å². The standard InChI is InChI=1S/C15H21N3O/c1-15(6-9-17-11-15)14(19)18(13-2-3-13)10-12-4-7-16-8-5-12/h4-5,7-8,13,17H,2-3,6,9-11H2,1H3. The summed E-state index contributed by atoms with van der Waals surface area (Å²) >= 11 is 0. The molecule has 4 nitrogen and oxygen atoms in total. The van der Waals surface area contributed by atoms with Crippen LogP contribution in [-0.2, 0) is 11.3 Å². The fraction of sp³-hybridized carbons (Fsp3) is 0.600. The summed E-state index contributed by atoms with van der Waals surface area (Å²) in [5.74, 6) is 0.316. The lowest BCUT2D eigenvalue weighted by atomic mass is 9.88. The van der Waals surface area contributed by atoms with Crippen LogP contribution in [0.2, 0.25) is 0 Å². The van der Waals surface area contributed by atoms with Crippen LogP contribution >= 0.6 is 0 Å². The Morgan fingerprint density at radius 1 is 1.47 bits per heavy atom. The van der Waals surface area contributed by atoms with Crippen molar-refractivity contribution in [2.24, 2.45) is 5.41 Å². The Kier molecular flexibility index (Phi) is 3.27. The molecule has 19 heavy (non-hydrogen) atoms. The lowest BCUT2D eigenvalue weighted by Crippen LogP contribution is -2.44. The molecule has 1 saturated heterocycles. The van der Waals surface area contributed by atoms with Gasteiger partial charge in [0.05, 0.1) is 5.41 Å². The lowest BCUT2D eigenvalue weighted by Gasteiger charge is -2.31. The second-order valence-electron chi connectivity index (χ2n) is 6.01. The van der Waals surface area contributed by atoms with Gasteiger partial charge in [-0.05, 0) is 50.4 Å². The van der Waals surface area contributed by atoms with E-state index >= 15 is 0 Å². The van der Waals surface area contributed by atoms with Crippen LogP contribution in [0.15, 0.2) is 24.5 Å². The van der Waals surface area contributed by atoms with E-state index in [-0.39, 0.29) is 5.41 Å². The van der Waals surface area contributed by atoms with Crippen molar-refractivity contribution in [1.82, 2.24) is 15.2 Å². The minimum atomic E-state index is -0.213. The molecule has 4 heteroatoms. The third-order valence-corrected chi connectivity index (χ3v) is 4.24. The van der Waals surface area contributed by atoms with Gasteiger partial charge in [-0.2, -0.15) is 0 Å².